The van der Waals surface area contributed by atoms with Crippen LogP contribution >= 0.6 is 0 Å². The van der Waals surface area contributed by atoms with Gasteiger partial charge in [-0.2, -0.15) is 0 Å². The smallest absolute Gasteiger partial charge is 0.221 e. The first-order valence-corrected chi connectivity index (χ1v) is 8.87. The minimum absolute atomic E-state index is 0.00748. The molecule has 1 aromatic rings. The van der Waals surface area contributed by atoms with Gasteiger partial charge in [0.2, 0.25) is 5.91 Å². The van der Waals surface area contributed by atoms with Crippen LogP contribution in [0.2, 0.25) is 0 Å². The van der Waals surface area contributed by atoms with Gasteiger partial charge in [-0.05, 0) is 31.5 Å². The number of likely N-dealkylation sites (tertiary alicyclic amines) is 1. The molecule has 1 aromatic carbocycles. The summed E-state index contributed by atoms with van der Waals surface area (Å²) in [5.41, 5.74) is 0.0954. The van der Waals surface area contributed by atoms with Gasteiger partial charge in [-0.25, -0.2) is 8.78 Å². The Bertz CT molecular complexity index is 573. The van der Waals surface area contributed by atoms with Gasteiger partial charge in [0.1, 0.15) is 11.6 Å². The molecule has 2 fully saturated rings. The summed E-state index contributed by atoms with van der Waals surface area (Å²) in [6.07, 6.45) is 2.17. The highest BCUT2D eigenvalue weighted by Gasteiger charge is 2.24. The van der Waals surface area contributed by atoms with Gasteiger partial charge in [0.25, 0.3) is 0 Å². The summed E-state index contributed by atoms with van der Waals surface area (Å²) in [6, 6.07) is 4.00. The van der Waals surface area contributed by atoms with Gasteiger partial charge < -0.3 is 15.4 Å². The Kier molecular flexibility index (Phi) is 6.34. The molecule has 0 spiro atoms. The molecule has 0 aromatic heterocycles. The van der Waals surface area contributed by atoms with Gasteiger partial charge in [0.05, 0.1) is 13.2 Å². The number of carbonyl (C=O) groups is 1. The average Bonchev–Trinajstić information content (AvgIpc) is 2.59. The second-order valence-corrected chi connectivity index (χ2v) is 6.77. The van der Waals surface area contributed by atoms with Crippen LogP contribution in [0.25, 0.3) is 0 Å². The first-order chi connectivity index (χ1) is 12.1. The van der Waals surface area contributed by atoms with Crippen LogP contribution in [0.4, 0.5) is 8.78 Å². The number of hydrogen-bond donors (Lipinski definition) is 2. The number of nitrogens with one attached hydrogen (secondary N) is 2. The van der Waals surface area contributed by atoms with E-state index in [1.165, 1.54) is 18.2 Å². The molecule has 5 nitrogen and oxygen atoms in total. The lowest BCUT2D eigenvalue weighted by Crippen LogP contribution is -2.50. The number of hydrogen-bond acceptors (Lipinski definition) is 4. The molecule has 2 aliphatic rings. The highest BCUT2D eigenvalue weighted by molar-refractivity contribution is 5.77. The van der Waals surface area contributed by atoms with Crippen molar-refractivity contribution in [3.63, 3.8) is 0 Å². The van der Waals surface area contributed by atoms with E-state index in [2.05, 4.69) is 10.6 Å². The number of carbonyl (C=O) groups excluding carboxylic acids is 1. The number of morpholine rings is 1. The molecule has 25 heavy (non-hydrogen) atoms. The third-order valence-corrected chi connectivity index (χ3v) is 4.74. The maximum Gasteiger partial charge on any atom is 0.221 e. The number of rotatable bonds is 5. The van der Waals surface area contributed by atoms with E-state index in [1.807, 2.05) is 4.90 Å². The zero-order valence-corrected chi connectivity index (χ0v) is 14.3. The van der Waals surface area contributed by atoms with Crippen LogP contribution in [0.1, 0.15) is 24.8 Å². The first-order valence-electron chi connectivity index (χ1n) is 8.87. The standard InChI is InChI=1S/C18H25F2N3O2/c19-16-4-1-5-17(20)15(16)11-23-7-2-3-13(10-23)22-18(24)9-14-12-25-8-6-21-14/h1,4-5,13-14,21H,2-3,6-12H2,(H,22,24). The molecule has 0 radical (unpaired) electrons. The summed E-state index contributed by atoms with van der Waals surface area (Å²) in [6.45, 7) is 3.61. The topological polar surface area (TPSA) is 53.6 Å². The molecule has 2 saturated heterocycles. The first kappa shape index (κ1) is 18.2. The van der Waals surface area contributed by atoms with Crippen molar-refractivity contribution >= 4 is 5.91 Å². The van der Waals surface area contributed by atoms with Crippen LogP contribution in [-0.4, -0.2) is 55.7 Å². The largest absolute Gasteiger partial charge is 0.378 e. The van der Waals surface area contributed by atoms with E-state index in [0.717, 1.165) is 25.9 Å². The number of ether oxygens (including phenoxy) is 1. The fourth-order valence-electron chi connectivity index (χ4n) is 3.49. The van der Waals surface area contributed by atoms with Crippen molar-refractivity contribution in [2.45, 2.75) is 37.9 Å². The molecule has 2 heterocycles. The predicted octanol–water partition coefficient (Wildman–Crippen LogP) is 1.42. The molecule has 0 saturated carbocycles. The minimum Gasteiger partial charge on any atom is -0.378 e. The molecule has 1 amide bonds. The molecule has 2 aliphatic heterocycles. The summed E-state index contributed by atoms with van der Waals surface area (Å²) >= 11 is 0. The van der Waals surface area contributed by atoms with E-state index in [9.17, 15) is 13.6 Å². The van der Waals surface area contributed by atoms with Gasteiger partial charge in [-0.3, -0.25) is 9.69 Å². The number of piperidine rings is 1. The van der Waals surface area contributed by atoms with E-state index in [4.69, 9.17) is 4.74 Å². The average molecular weight is 353 g/mol. The molecule has 2 atom stereocenters. The van der Waals surface area contributed by atoms with E-state index >= 15 is 0 Å². The zero-order chi connectivity index (χ0) is 17.6. The molecule has 0 bridgehead atoms. The predicted molar refractivity (Wildman–Crippen MR) is 90.0 cm³/mol. The Labute approximate surface area is 146 Å². The molecule has 7 heteroatoms. The van der Waals surface area contributed by atoms with E-state index in [-0.39, 0.29) is 30.1 Å². The Morgan fingerprint density at radius 3 is 2.88 bits per heavy atom. The van der Waals surface area contributed by atoms with Crippen molar-refractivity contribution in [3.8, 4) is 0 Å². The van der Waals surface area contributed by atoms with Gasteiger partial charge in [0.15, 0.2) is 0 Å². The summed E-state index contributed by atoms with van der Waals surface area (Å²) in [4.78, 5) is 14.2. The van der Waals surface area contributed by atoms with Crippen LogP contribution in [0.15, 0.2) is 18.2 Å². The SMILES string of the molecule is O=C(CC1COCCN1)NC1CCCN(Cc2c(F)cccc2F)C1. The lowest BCUT2D eigenvalue weighted by atomic mass is 10.0. The number of halogens is 2. The highest BCUT2D eigenvalue weighted by Crippen LogP contribution is 2.18. The number of amides is 1. The van der Waals surface area contributed by atoms with Gasteiger partial charge in [-0.1, -0.05) is 6.07 Å². The van der Waals surface area contributed by atoms with Crippen LogP contribution in [-0.2, 0) is 16.1 Å². The van der Waals surface area contributed by atoms with Crippen LogP contribution in [0.3, 0.4) is 0 Å². The van der Waals surface area contributed by atoms with Crippen LogP contribution in [0.5, 0.6) is 0 Å². The molecule has 2 N–H and O–H groups in total. The van der Waals surface area contributed by atoms with Crippen LogP contribution in [0, 0.1) is 11.6 Å². The Hall–Kier alpha value is -1.57. The fraction of sp³-hybridized carbons (Fsp3) is 0.611. The molecular formula is C18H25F2N3O2. The number of benzene rings is 1. The summed E-state index contributed by atoms with van der Waals surface area (Å²) < 4.78 is 33.0. The van der Waals surface area contributed by atoms with Crippen molar-refractivity contribution in [3.05, 3.63) is 35.4 Å². The van der Waals surface area contributed by atoms with Crippen LogP contribution < -0.4 is 10.6 Å². The fourth-order valence-corrected chi connectivity index (χ4v) is 3.49. The van der Waals surface area contributed by atoms with Gasteiger partial charge in [0, 0.05) is 43.7 Å². The van der Waals surface area contributed by atoms with Crippen molar-refractivity contribution in [1.82, 2.24) is 15.5 Å². The van der Waals surface area contributed by atoms with Crippen molar-refractivity contribution in [2.75, 3.05) is 32.8 Å². The highest BCUT2D eigenvalue weighted by atomic mass is 19.1. The quantitative estimate of drug-likeness (QED) is 0.841. The summed E-state index contributed by atoms with van der Waals surface area (Å²) in [5, 5.41) is 6.31. The summed E-state index contributed by atoms with van der Waals surface area (Å²) in [5.74, 6) is -1.05. The second kappa shape index (κ2) is 8.69. The maximum atomic E-state index is 13.8. The molecule has 2 unspecified atom stereocenters. The lowest BCUT2D eigenvalue weighted by Gasteiger charge is -2.33. The molecule has 0 aliphatic carbocycles. The van der Waals surface area contributed by atoms with E-state index in [1.54, 1.807) is 0 Å². The zero-order valence-electron chi connectivity index (χ0n) is 14.3. The van der Waals surface area contributed by atoms with Gasteiger partial charge >= 0.3 is 0 Å². The monoisotopic (exact) mass is 353 g/mol. The van der Waals surface area contributed by atoms with E-state index in [0.29, 0.717) is 26.2 Å². The minimum atomic E-state index is -0.519. The van der Waals surface area contributed by atoms with Gasteiger partial charge in [-0.15, -0.1) is 0 Å². The Morgan fingerprint density at radius 1 is 1.36 bits per heavy atom. The van der Waals surface area contributed by atoms with Crippen molar-refractivity contribution in [1.29, 1.82) is 0 Å². The van der Waals surface area contributed by atoms with Crippen molar-refractivity contribution < 1.29 is 18.3 Å². The van der Waals surface area contributed by atoms with E-state index < -0.39 is 11.6 Å². The summed E-state index contributed by atoms with van der Waals surface area (Å²) in [7, 11) is 0. The maximum absolute atomic E-state index is 13.8. The molecule has 3 rings (SSSR count). The third kappa shape index (κ3) is 5.20. The second-order valence-electron chi connectivity index (χ2n) is 6.77. The Balaban J connectivity index is 1.50. The lowest BCUT2D eigenvalue weighted by molar-refractivity contribution is -0.123. The molecule has 138 valence electrons. The third-order valence-electron chi connectivity index (χ3n) is 4.74. The number of nitrogens with zero attached hydrogens (tertiary/aromatic N) is 1. The normalized spacial score (nSPS) is 24.9. The molecular weight excluding hydrogens is 328 g/mol. The Morgan fingerprint density at radius 2 is 2.16 bits per heavy atom. The van der Waals surface area contributed by atoms with Crippen molar-refractivity contribution in [2.24, 2.45) is 0 Å².